The monoisotopic (exact) mass is 381 g/mol. The van der Waals surface area contributed by atoms with Crippen molar-refractivity contribution in [3.05, 3.63) is 88.1 Å². The van der Waals surface area contributed by atoms with Gasteiger partial charge in [0.1, 0.15) is 7.05 Å². The van der Waals surface area contributed by atoms with E-state index in [1.54, 1.807) is 0 Å². The fraction of sp³-hybridized carbons (Fsp3) is 0.250. The SMILES string of the molecule is [2H]C([2H])([2H])c1cc(C)c(-c2cc(C)cc[n+]2C)c2c1-c1cc3ccc(C)cc3cc1CC2. The Bertz CT molecular complexity index is 1400. The standard InChI is InChI=1S/C28H28N/c1-17-6-7-21-16-25-22(15-23(21)12-17)8-9-24-27(25)19(3)14-20(4)28(24)26-13-18(2)10-11-29(26)5/h6-7,10-16H,8-9H2,1-5H3/q+1/i3D3. The van der Waals surface area contributed by atoms with Gasteiger partial charge in [-0.05, 0) is 96.2 Å². The molecule has 0 bridgehead atoms. The van der Waals surface area contributed by atoms with Gasteiger partial charge in [0.2, 0.25) is 5.69 Å². The number of pyridine rings is 1. The maximum atomic E-state index is 8.32. The summed E-state index contributed by atoms with van der Waals surface area (Å²) in [6.45, 7) is 4.09. The van der Waals surface area contributed by atoms with Gasteiger partial charge in [-0.3, -0.25) is 0 Å². The van der Waals surface area contributed by atoms with Crippen LogP contribution in [-0.4, -0.2) is 0 Å². The quantitative estimate of drug-likeness (QED) is 0.339. The molecular formula is C28H28N+. The Morgan fingerprint density at radius 2 is 1.62 bits per heavy atom. The minimum Gasteiger partial charge on any atom is -0.201 e. The minimum absolute atomic E-state index is 0.469. The maximum Gasteiger partial charge on any atom is 0.213 e. The minimum atomic E-state index is -2.17. The highest BCUT2D eigenvalue weighted by atomic mass is 14.9. The number of hydrogen-bond donors (Lipinski definition) is 0. The smallest absolute Gasteiger partial charge is 0.201 e. The second-order valence-electron chi connectivity index (χ2n) is 8.53. The fourth-order valence-corrected chi connectivity index (χ4v) is 4.89. The first-order valence-electron chi connectivity index (χ1n) is 11.8. The van der Waals surface area contributed by atoms with Crippen molar-refractivity contribution < 1.29 is 8.68 Å². The molecule has 144 valence electrons. The molecule has 1 nitrogen and oxygen atoms in total. The van der Waals surface area contributed by atoms with E-state index in [9.17, 15) is 0 Å². The lowest BCUT2D eigenvalue weighted by Gasteiger charge is -2.26. The molecule has 0 amide bonds. The van der Waals surface area contributed by atoms with Crippen LogP contribution in [0.5, 0.6) is 0 Å². The third kappa shape index (κ3) is 2.88. The second kappa shape index (κ2) is 6.56. The zero-order valence-corrected chi connectivity index (χ0v) is 17.6. The van der Waals surface area contributed by atoms with Crippen molar-refractivity contribution in [2.45, 2.75) is 40.5 Å². The Balaban J connectivity index is 1.89. The van der Waals surface area contributed by atoms with Crippen LogP contribution in [0.2, 0.25) is 0 Å². The molecule has 3 aromatic carbocycles. The summed E-state index contributed by atoms with van der Waals surface area (Å²) in [4.78, 5) is 0. The zero-order valence-electron chi connectivity index (χ0n) is 20.6. The van der Waals surface area contributed by atoms with E-state index in [-0.39, 0.29) is 0 Å². The number of aromatic nitrogens is 1. The molecule has 1 aliphatic rings. The molecule has 29 heavy (non-hydrogen) atoms. The second-order valence-corrected chi connectivity index (χ2v) is 8.53. The summed E-state index contributed by atoms with van der Waals surface area (Å²) in [6.07, 6.45) is 3.84. The largest absolute Gasteiger partial charge is 0.213 e. The molecule has 4 aromatic rings. The molecule has 0 aliphatic heterocycles. The number of aryl methyl sites for hydroxylation is 6. The average Bonchev–Trinajstić information content (AvgIpc) is 2.73. The van der Waals surface area contributed by atoms with Crippen LogP contribution < -0.4 is 4.57 Å². The summed E-state index contributed by atoms with van der Waals surface area (Å²) in [5.41, 5.74) is 10.6. The maximum absolute atomic E-state index is 8.32. The number of nitrogens with zero attached hydrogens (tertiary/aromatic N) is 1. The van der Waals surface area contributed by atoms with Crippen LogP contribution in [0.4, 0.5) is 0 Å². The van der Waals surface area contributed by atoms with Gasteiger partial charge in [0.25, 0.3) is 0 Å². The Kier molecular flexibility index (Phi) is 3.39. The van der Waals surface area contributed by atoms with E-state index in [1.165, 1.54) is 27.6 Å². The third-order valence-electron chi connectivity index (χ3n) is 6.32. The Morgan fingerprint density at radius 1 is 0.793 bits per heavy atom. The van der Waals surface area contributed by atoms with Crippen LogP contribution in [0.1, 0.15) is 37.5 Å². The van der Waals surface area contributed by atoms with Gasteiger partial charge in [-0.25, -0.2) is 4.57 Å². The van der Waals surface area contributed by atoms with Gasteiger partial charge in [0.05, 0.1) is 5.56 Å². The molecule has 0 saturated heterocycles. The van der Waals surface area contributed by atoms with E-state index < -0.39 is 6.85 Å². The van der Waals surface area contributed by atoms with E-state index in [2.05, 4.69) is 74.1 Å². The van der Waals surface area contributed by atoms with Gasteiger partial charge >= 0.3 is 0 Å². The van der Waals surface area contributed by atoms with Crippen molar-refractivity contribution in [3.63, 3.8) is 0 Å². The number of benzene rings is 3. The summed E-state index contributed by atoms with van der Waals surface area (Å²) < 4.78 is 27.1. The summed E-state index contributed by atoms with van der Waals surface area (Å²) in [7, 11) is 2.06. The lowest BCUT2D eigenvalue weighted by Crippen LogP contribution is -2.31. The molecule has 1 heteroatoms. The summed E-state index contributed by atoms with van der Waals surface area (Å²) in [5, 5.41) is 2.38. The van der Waals surface area contributed by atoms with Crippen LogP contribution >= 0.6 is 0 Å². The van der Waals surface area contributed by atoms with Crippen molar-refractivity contribution in [3.8, 4) is 22.4 Å². The van der Waals surface area contributed by atoms with Crippen LogP contribution in [0, 0.1) is 27.6 Å². The van der Waals surface area contributed by atoms with E-state index in [0.29, 0.717) is 5.56 Å². The number of hydrogen-bond acceptors (Lipinski definition) is 0. The molecule has 1 heterocycles. The van der Waals surface area contributed by atoms with Gasteiger partial charge in [-0.15, -0.1) is 0 Å². The van der Waals surface area contributed by atoms with Crippen molar-refractivity contribution >= 4 is 10.8 Å². The molecule has 0 unspecified atom stereocenters. The first-order chi connectivity index (χ1) is 15.1. The fourth-order valence-electron chi connectivity index (χ4n) is 4.89. The predicted molar refractivity (Wildman–Crippen MR) is 122 cm³/mol. The number of rotatable bonds is 1. The highest BCUT2D eigenvalue weighted by molar-refractivity contribution is 5.93. The number of fused-ring (bicyclic) bond motifs is 4. The van der Waals surface area contributed by atoms with Gasteiger partial charge in [-0.2, -0.15) is 0 Å². The first-order valence-corrected chi connectivity index (χ1v) is 10.3. The summed E-state index contributed by atoms with van der Waals surface area (Å²) in [6, 6.07) is 17.1. The lowest BCUT2D eigenvalue weighted by molar-refractivity contribution is -0.660. The van der Waals surface area contributed by atoms with Gasteiger partial charge in [0.15, 0.2) is 6.20 Å². The molecule has 0 N–H and O–H groups in total. The van der Waals surface area contributed by atoms with Crippen molar-refractivity contribution in [1.82, 2.24) is 0 Å². The van der Waals surface area contributed by atoms with Crippen molar-refractivity contribution in [2.75, 3.05) is 0 Å². The van der Waals surface area contributed by atoms with E-state index in [0.717, 1.165) is 46.2 Å². The van der Waals surface area contributed by atoms with E-state index >= 15 is 0 Å². The molecule has 1 aliphatic carbocycles. The predicted octanol–water partition coefficient (Wildman–Crippen LogP) is 6.33. The molecule has 0 atom stereocenters. The highest BCUT2D eigenvalue weighted by Gasteiger charge is 2.26. The van der Waals surface area contributed by atoms with Crippen LogP contribution in [0.3, 0.4) is 0 Å². The van der Waals surface area contributed by atoms with Gasteiger partial charge in [0, 0.05) is 16.2 Å². The highest BCUT2D eigenvalue weighted by Crippen LogP contribution is 2.43. The lowest BCUT2D eigenvalue weighted by atomic mass is 9.78. The molecule has 0 fully saturated rings. The zero-order chi connectivity index (χ0) is 22.8. The first kappa shape index (κ1) is 15.0. The molecule has 0 radical (unpaired) electrons. The molecule has 5 rings (SSSR count). The van der Waals surface area contributed by atoms with Crippen molar-refractivity contribution in [1.29, 1.82) is 0 Å². The summed E-state index contributed by atoms with van der Waals surface area (Å²) in [5.74, 6) is 0. The third-order valence-corrected chi connectivity index (χ3v) is 6.32. The van der Waals surface area contributed by atoms with Crippen LogP contribution in [0.15, 0.2) is 54.7 Å². The molecular weight excluding hydrogens is 350 g/mol. The Morgan fingerprint density at radius 3 is 2.45 bits per heavy atom. The topological polar surface area (TPSA) is 3.88 Å². The normalized spacial score (nSPS) is 14.7. The van der Waals surface area contributed by atoms with Gasteiger partial charge < -0.3 is 0 Å². The molecule has 0 spiro atoms. The van der Waals surface area contributed by atoms with E-state index in [1.807, 2.05) is 13.0 Å². The van der Waals surface area contributed by atoms with Gasteiger partial charge in [-0.1, -0.05) is 35.9 Å². The summed E-state index contributed by atoms with van der Waals surface area (Å²) >= 11 is 0. The molecule has 0 saturated carbocycles. The Labute approximate surface area is 177 Å². The Hall–Kier alpha value is -2.93. The van der Waals surface area contributed by atoms with Crippen molar-refractivity contribution in [2.24, 2.45) is 7.05 Å². The average molecular weight is 382 g/mol. The van der Waals surface area contributed by atoms with Crippen LogP contribution in [-0.2, 0) is 19.9 Å². The molecule has 1 aromatic heterocycles. The van der Waals surface area contributed by atoms with E-state index in [4.69, 9.17) is 4.11 Å². The van der Waals surface area contributed by atoms with Crippen LogP contribution in [0.25, 0.3) is 33.2 Å².